The number of hydrogen-bond acceptors (Lipinski definition) is 5. The van der Waals surface area contributed by atoms with Gasteiger partial charge in [0.1, 0.15) is 18.5 Å². The molecule has 0 spiro atoms. The van der Waals surface area contributed by atoms with Gasteiger partial charge in [-0.15, -0.1) is 0 Å². The number of carbonyl (C=O) groups excluding carboxylic acids is 2. The van der Waals surface area contributed by atoms with Crippen LogP contribution in [0.1, 0.15) is 23.5 Å². The van der Waals surface area contributed by atoms with Gasteiger partial charge < -0.3 is 20.5 Å². The second-order valence-corrected chi connectivity index (χ2v) is 7.45. The molecule has 0 fully saturated rings. The Morgan fingerprint density at radius 2 is 1.69 bits per heavy atom. The number of carbonyl (C=O) groups is 3. The molecule has 3 N–H and O–H groups in total. The Morgan fingerprint density at radius 3 is 2.25 bits per heavy atom. The summed E-state index contributed by atoms with van der Waals surface area (Å²) in [6.45, 7) is 0.0585. The minimum atomic E-state index is -1.31. The van der Waals surface area contributed by atoms with Gasteiger partial charge in [0.2, 0.25) is 5.91 Å². The molecule has 2 amide bonds. The number of carboxylic acid groups (broad SMARTS) is 1. The van der Waals surface area contributed by atoms with Crippen molar-refractivity contribution >= 4 is 23.8 Å². The second-order valence-electron chi connectivity index (χ2n) is 7.45. The van der Waals surface area contributed by atoms with Crippen molar-refractivity contribution in [3.8, 4) is 11.1 Å². The lowest BCUT2D eigenvalue weighted by Crippen LogP contribution is -2.45. The van der Waals surface area contributed by atoms with Crippen molar-refractivity contribution in [1.82, 2.24) is 15.1 Å². The van der Waals surface area contributed by atoms with Crippen LogP contribution >= 0.6 is 0 Å². The minimum Gasteiger partial charge on any atom is -0.481 e. The molecule has 164 valence electrons. The van der Waals surface area contributed by atoms with Crippen LogP contribution in [0.25, 0.3) is 11.1 Å². The lowest BCUT2D eigenvalue weighted by Gasteiger charge is -2.18. The van der Waals surface area contributed by atoms with Crippen LogP contribution in [0.4, 0.5) is 10.6 Å². The van der Waals surface area contributed by atoms with Crippen LogP contribution in [0, 0.1) is 0 Å². The van der Waals surface area contributed by atoms with Crippen molar-refractivity contribution in [3.05, 3.63) is 71.9 Å². The number of benzene rings is 2. The van der Waals surface area contributed by atoms with E-state index >= 15 is 0 Å². The van der Waals surface area contributed by atoms with Crippen molar-refractivity contribution in [2.75, 3.05) is 11.9 Å². The van der Waals surface area contributed by atoms with Crippen LogP contribution in [-0.2, 0) is 21.4 Å². The van der Waals surface area contributed by atoms with Gasteiger partial charge in [-0.05, 0) is 22.3 Å². The van der Waals surface area contributed by atoms with E-state index in [0.717, 1.165) is 22.3 Å². The van der Waals surface area contributed by atoms with Gasteiger partial charge in [0.05, 0.1) is 12.6 Å². The summed E-state index contributed by atoms with van der Waals surface area (Å²) in [4.78, 5) is 36.2. The van der Waals surface area contributed by atoms with E-state index in [1.807, 2.05) is 48.5 Å². The maximum atomic E-state index is 12.5. The van der Waals surface area contributed by atoms with Crippen LogP contribution in [0.15, 0.2) is 60.8 Å². The molecule has 0 bridgehead atoms. The summed E-state index contributed by atoms with van der Waals surface area (Å²) in [5.74, 6) is -1.67. The van der Waals surface area contributed by atoms with E-state index in [0.29, 0.717) is 5.82 Å². The maximum Gasteiger partial charge on any atom is 0.407 e. The predicted octanol–water partition coefficient (Wildman–Crippen LogP) is 2.74. The number of carboxylic acids is 1. The molecule has 1 unspecified atom stereocenters. The van der Waals surface area contributed by atoms with E-state index in [2.05, 4.69) is 15.7 Å². The molecule has 9 nitrogen and oxygen atoms in total. The normalized spacial score (nSPS) is 13.0. The molecule has 1 aliphatic carbocycles. The molecule has 2 aromatic carbocycles. The first-order valence-corrected chi connectivity index (χ1v) is 10.1. The topological polar surface area (TPSA) is 123 Å². The van der Waals surface area contributed by atoms with Crippen molar-refractivity contribution in [3.63, 3.8) is 0 Å². The number of amides is 2. The van der Waals surface area contributed by atoms with Gasteiger partial charge in [0.25, 0.3) is 0 Å². The zero-order valence-corrected chi connectivity index (χ0v) is 17.3. The summed E-state index contributed by atoms with van der Waals surface area (Å²) in [6.07, 6.45) is 0.0348. The Kier molecular flexibility index (Phi) is 5.89. The van der Waals surface area contributed by atoms with Gasteiger partial charge in [0, 0.05) is 19.0 Å². The molecule has 1 atom stereocenters. The standard InChI is InChI=1S/C23H22N4O5/c1-27-20(10-11-24-27)26-22(30)19(12-21(28)29)25-23(31)32-13-18-16-8-4-2-6-14(16)15-7-3-5-9-17(15)18/h2-11,18-19H,12-13H2,1H3,(H,25,31)(H,26,30)(H,28,29). The molecular weight excluding hydrogens is 412 g/mol. The molecule has 0 saturated heterocycles. The zero-order valence-electron chi connectivity index (χ0n) is 17.3. The van der Waals surface area contributed by atoms with E-state index < -0.39 is 30.4 Å². The highest BCUT2D eigenvalue weighted by Gasteiger charge is 2.30. The Labute approximate surface area is 184 Å². The summed E-state index contributed by atoms with van der Waals surface area (Å²) < 4.78 is 6.84. The first-order chi connectivity index (χ1) is 15.4. The van der Waals surface area contributed by atoms with E-state index in [-0.39, 0.29) is 12.5 Å². The number of ether oxygens (including phenoxy) is 1. The van der Waals surface area contributed by atoms with Crippen molar-refractivity contribution < 1.29 is 24.2 Å². The van der Waals surface area contributed by atoms with Crippen molar-refractivity contribution in [1.29, 1.82) is 0 Å². The average molecular weight is 434 g/mol. The molecule has 4 rings (SSSR count). The fourth-order valence-electron chi connectivity index (χ4n) is 3.88. The van der Waals surface area contributed by atoms with Gasteiger partial charge in [-0.2, -0.15) is 5.10 Å². The first kappa shape index (κ1) is 21.1. The smallest absolute Gasteiger partial charge is 0.407 e. The predicted molar refractivity (Wildman–Crippen MR) is 116 cm³/mol. The molecule has 9 heteroatoms. The minimum absolute atomic E-state index is 0.0585. The highest BCUT2D eigenvalue weighted by Crippen LogP contribution is 2.44. The molecular formula is C23H22N4O5. The Bertz CT molecular complexity index is 1130. The summed E-state index contributed by atoms with van der Waals surface area (Å²) in [7, 11) is 1.63. The fourth-order valence-corrected chi connectivity index (χ4v) is 3.88. The highest BCUT2D eigenvalue weighted by molar-refractivity contribution is 5.98. The average Bonchev–Trinajstić information content (AvgIpc) is 3.32. The van der Waals surface area contributed by atoms with Crippen LogP contribution in [0.2, 0.25) is 0 Å². The number of nitrogens with one attached hydrogen (secondary N) is 2. The zero-order chi connectivity index (χ0) is 22.7. The third-order valence-electron chi connectivity index (χ3n) is 5.40. The van der Waals surface area contributed by atoms with Crippen molar-refractivity contribution in [2.45, 2.75) is 18.4 Å². The summed E-state index contributed by atoms with van der Waals surface area (Å²) >= 11 is 0. The van der Waals surface area contributed by atoms with E-state index in [1.165, 1.54) is 10.9 Å². The summed E-state index contributed by atoms with van der Waals surface area (Å²) in [6, 6.07) is 16.1. The third-order valence-corrected chi connectivity index (χ3v) is 5.40. The van der Waals surface area contributed by atoms with Crippen LogP contribution in [0.3, 0.4) is 0 Å². The SMILES string of the molecule is Cn1nccc1NC(=O)C(CC(=O)O)NC(=O)OCC1c2ccccc2-c2ccccc21. The summed E-state index contributed by atoms with van der Waals surface area (Å²) in [5.41, 5.74) is 4.29. The van der Waals surface area contributed by atoms with Crippen molar-refractivity contribution in [2.24, 2.45) is 7.05 Å². The number of fused-ring (bicyclic) bond motifs is 3. The van der Waals surface area contributed by atoms with Crippen LogP contribution < -0.4 is 10.6 Å². The monoisotopic (exact) mass is 434 g/mol. The number of hydrogen-bond donors (Lipinski definition) is 3. The van der Waals surface area contributed by atoms with Crippen LogP contribution in [0.5, 0.6) is 0 Å². The quantitative estimate of drug-likeness (QED) is 0.526. The van der Waals surface area contributed by atoms with Gasteiger partial charge in [-0.1, -0.05) is 48.5 Å². The van der Waals surface area contributed by atoms with Gasteiger partial charge in [-0.25, -0.2) is 4.79 Å². The Morgan fingerprint density at radius 1 is 1.06 bits per heavy atom. The largest absolute Gasteiger partial charge is 0.481 e. The van der Waals surface area contributed by atoms with Crippen LogP contribution in [-0.4, -0.2) is 45.5 Å². The third kappa shape index (κ3) is 4.31. The molecule has 0 saturated carbocycles. The first-order valence-electron chi connectivity index (χ1n) is 10.1. The highest BCUT2D eigenvalue weighted by atomic mass is 16.5. The van der Waals surface area contributed by atoms with Gasteiger partial charge in [0.15, 0.2) is 0 Å². The number of aryl methyl sites for hydroxylation is 1. The molecule has 0 aliphatic heterocycles. The Balaban J connectivity index is 1.43. The molecule has 1 heterocycles. The number of alkyl carbamates (subject to hydrolysis) is 1. The number of rotatable bonds is 7. The lowest BCUT2D eigenvalue weighted by atomic mass is 9.98. The van der Waals surface area contributed by atoms with Gasteiger partial charge in [-0.3, -0.25) is 14.3 Å². The van der Waals surface area contributed by atoms with E-state index in [9.17, 15) is 14.4 Å². The molecule has 3 aromatic rings. The molecule has 1 aromatic heterocycles. The van der Waals surface area contributed by atoms with Gasteiger partial charge >= 0.3 is 12.1 Å². The Hall–Kier alpha value is -4.14. The molecule has 32 heavy (non-hydrogen) atoms. The number of aliphatic carboxylic acids is 1. The second kappa shape index (κ2) is 8.93. The lowest BCUT2D eigenvalue weighted by molar-refractivity contribution is -0.139. The number of aromatic nitrogens is 2. The fraction of sp³-hybridized carbons (Fsp3) is 0.217. The number of anilines is 1. The molecule has 1 aliphatic rings. The van der Waals surface area contributed by atoms with E-state index in [1.54, 1.807) is 13.1 Å². The maximum absolute atomic E-state index is 12.5. The number of nitrogens with zero attached hydrogens (tertiary/aromatic N) is 2. The molecule has 0 radical (unpaired) electrons. The summed E-state index contributed by atoms with van der Waals surface area (Å²) in [5, 5.41) is 18.0. The van der Waals surface area contributed by atoms with E-state index in [4.69, 9.17) is 9.84 Å².